The normalized spacial score (nSPS) is 19.5. The lowest BCUT2D eigenvalue weighted by molar-refractivity contribution is -0.138. The zero-order valence-corrected chi connectivity index (χ0v) is 22.7. The van der Waals surface area contributed by atoms with E-state index in [1.165, 1.54) is 17.1 Å². The SMILES string of the molecule is CCCCc1nc2c(N)nc3ccccc3c2n1CCCCNC(=O)C1CCC(CN2C(=O)C=CC2=O)CC1. The fourth-order valence-corrected chi connectivity index (χ4v) is 5.90. The molecule has 1 aliphatic heterocycles. The van der Waals surface area contributed by atoms with Gasteiger partial charge in [-0.25, -0.2) is 9.97 Å². The average molecular weight is 531 g/mol. The average Bonchev–Trinajstić information content (AvgIpc) is 3.47. The Balaban J connectivity index is 1.13. The second-order valence-corrected chi connectivity index (χ2v) is 10.8. The number of nitrogens with two attached hydrogens (primary N) is 1. The highest BCUT2D eigenvalue weighted by atomic mass is 16.2. The number of hydrogen-bond donors (Lipinski definition) is 2. The molecule has 2 aromatic heterocycles. The van der Waals surface area contributed by atoms with Crippen LogP contribution in [0, 0.1) is 11.8 Å². The molecule has 0 bridgehead atoms. The lowest BCUT2D eigenvalue weighted by Crippen LogP contribution is -2.38. The Kier molecular flexibility index (Phi) is 8.24. The minimum absolute atomic E-state index is 0.00411. The van der Waals surface area contributed by atoms with Crippen molar-refractivity contribution in [3.63, 3.8) is 0 Å². The maximum Gasteiger partial charge on any atom is 0.253 e. The number of imide groups is 1. The highest BCUT2D eigenvalue weighted by Crippen LogP contribution is 2.31. The summed E-state index contributed by atoms with van der Waals surface area (Å²) in [5, 5.41) is 4.20. The third-order valence-corrected chi connectivity index (χ3v) is 8.11. The number of nitrogen functional groups attached to an aromatic ring is 1. The van der Waals surface area contributed by atoms with E-state index in [1.54, 1.807) is 0 Å². The molecular weight excluding hydrogens is 492 g/mol. The van der Waals surface area contributed by atoms with Gasteiger partial charge in [0.15, 0.2) is 5.82 Å². The first kappa shape index (κ1) is 26.8. The Bertz CT molecular complexity index is 1380. The Morgan fingerprint density at radius 2 is 1.77 bits per heavy atom. The number of unbranched alkanes of at least 4 members (excludes halogenated alkanes) is 2. The van der Waals surface area contributed by atoms with Crippen LogP contribution in [-0.2, 0) is 27.3 Å². The van der Waals surface area contributed by atoms with Crippen LogP contribution in [0.2, 0.25) is 0 Å². The lowest BCUT2D eigenvalue weighted by Gasteiger charge is -2.30. The number of nitrogens with zero attached hydrogens (tertiary/aromatic N) is 4. The van der Waals surface area contributed by atoms with Crippen LogP contribution in [0.5, 0.6) is 0 Å². The third-order valence-electron chi connectivity index (χ3n) is 8.11. The van der Waals surface area contributed by atoms with Gasteiger partial charge in [0.25, 0.3) is 11.8 Å². The summed E-state index contributed by atoms with van der Waals surface area (Å²) in [6.45, 7) is 4.09. The molecule has 3 aromatic rings. The van der Waals surface area contributed by atoms with Crippen molar-refractivity contribution in [3.8, 4) is 0 Å². The predicted octanol–water partition coefficient (Wildman–Crippen LogP) is 4.14. The fourth-order valence-electron chi connectivity index (χ4n) is 5.90. The van der Waals surface area contributed by atoms with Crippen molar-refractivity contribution < 1.29 is 14.4 Å². The number of pyridine rings is 1. The summed E-state index contributed by atoms with van der Waals surface area (Å²) in [5.74, 6) is 1.45. The zero-order chi connectivity index (χ0) is 27.4. The second kappa shape index (κ2) is 12.0. The molecule has 206 valence electrons. The number of nitrogens with one attached hydrogen (secondary N) is 1. The van der Waals surface area contributed by atoms with Gasteiger partial charge < -0.3 is 15.6 Å². The highest BCUT2D eigenvalue weighted by molar-refractivity contribution is 6.12. The van der Waals surface area contributed by atoms with Gasteiger partial charge in [-0.05, 0) is 56.9 Å². The van der Waals surface area contributed by atoms with E-state index in [0.29, 0.717) is 18.9 Å². The summed E-state index contributed by atoms with van der Waals surface area (Å²) in [5.41, 5.74) is 9.01. The number of fused-ring (bicyclic) bond motifs is 3. The van der Waals surface area contributed by atoms with Crippen molar-refractivity contribution in [3.05, 3.63) is 42.2 Å². The van der Waals surface area contributed by atoms with Gasteiger partial charge in [0.05, 0.1) is 11.0 Å². The minimum atomic E-state index is -0.227. The smallest absolute Gasteiger partial charge is 0.253 e. The summed E-state index contributed by atoms with van der Waals surface area (Å²) in [7, 11) is 0. The molecule has 0 atom stereocenters. The van der Waals surface area contributed by atoms with E-state index in [0.717, 1.165) is 92.1 Å². The van der Waals surface area contributed by atoms with Gasteiger partial charge in [-0.15, -0.1) is 0 Å². The van der Waals surface area contributed by atoms with E-state index in [2.05, 4.69) is 27.9 Å². The molecule has 0 unspecified atom stereocenters. The summed E-state index contributed by atoms with van der Waals surface area (Å²) in [4.78, 5) is 47.2. The van der Waals surface area contributed by atoms with Gasteiger partial charge in [0.2, 0.25) is 5.91 Å². The standard InChI is InChI=1S/C30H38N6O3/c1-2-3-10-24-34-27-28(22-8-4-5-9-23(22)33-29(27)31)35(24)18-7-6-17-32-30(39)21-13-11-20(12-14-21)19-36-25(37)15-16-26(36)38/h4-5,8-9,15-16,20-21H,2-3,6-7,10-14,17-19H2,1H3,(H2,31,33)(H,32,39). The van der Waals surface area contributed by atoms with Crippen LogP contribution >= 0.6 is 0 Å². The third kappa shape index (κ3) is 5.82. The number of rotatable bonds is 11. The van der Waals surface area contributed by atoms with Crippen molar-refractivity contribution >= 4 is 45.5 Å². The number of imidazole rings is 1. The molecule has 5 rings (SSSR count). The number of carbonyl (C=O) groups is 3. The molecule has 9 heteroatoms. The molecule has 3 heterocycles. The van der Waals surface area contributed by atoms with Gasteiger partial charge in [-0.1, -0.05) is 31.5 Å². The van der Waals surface area contributed by atoms with E-state index < -0.39 is 0 Å². The first-order chi connectivity index (χ1) is 19.0. The summed E-state index contributed by atoms with van der Waals surface area (Å²) in [6.07, 6.45) is 10.8. The number of anilines is 1. The molecule has 3 amide bonds. The van der Waals surface area contributed by atoms with Crippen molar-refractivity contribution in [2.24, 2.45) is 11.8 Å². The molecule has 1 aromatic carbocycles. The molecule has 2 aliphatic rings. The highest BCUT2D eigenvalue weighted by Gasteiger charge is 2.31. The topological polar surface area (TPSA) is 123 Å². The van der Waals surface area contributed by atoms with Crippen molar-refractivity contribution in [2.75, 3.05) is 18.8 Å². The number of aryl methyl sites for hydroxylation is 2. The predicted molar refractivity (Wildman–Crippen MR) is 152 cm³/mol. The van der Waals surface area contributed by atoms with E-state index in [-0.39, 0.29) is 29.6 Å². The Hall–Kier alpha value is -3.75. The van der Waals surface area contributed by atoms with Gasteiger partial charge in [0, 0.05) is 49.5 Å². The van der Waals surface area contributed by atoms with E-state index in [4.69, 9.17) is 10.7 Å². The maximum absolute atomic E-state index is 12.8. The molecule has 1 fully saturated rings. The fraction of sp³-hybridized carbons (Fsp3) is 0.500. The van der Waals surface area contributed by atoms with Crippen molar-refractivity contribution in [1.82, 2.24) is 24.8 Å². The summed E-state index contributed by atoms with van der Waals surface area (Å²) < 4.78 is 2.31. The lowest BCUT2D eigenvalue weighted by atomic mass is 9.81. The number of aromatic nitrogens is 3. The Labute approximate surface area is 228 Å². The van der Waals surface area contributed by atoms with Crippen LogP contribution in [0.3, 0.4) is 0 Å². The molecule has 39 heavy (non-hydrogen) atoms. The first-order valence-electron chi connectivity index (χ1n) is 14.3. The number of carbonyl (C=O) groups excluding carboxylic acids is 3. The van der Waals surface area contributed by atoms with Gasteiger partial charge >= 0.3 is 0 Å². The van der Waals surface area contributed by atoms with Gasteiger partial charge in [-0.2, -0.15) is 0 Å². The van der Waals surface area contributed by atoms with E-state index >= 15 is 0 Å². The monoisotopic (exact) mass is 530 g/mol. The molecule has 1 saturated carbocycles. The molecular formula is C30H38N6O3. The molecule has 1 aliphatic carbocycles. The number of hydrogen-bond acceptors (Lipinski definition) is 6. The van der Waals surface area contributed by atoms with Crippen molar-refractivity contribution in [1.29, 1.82) is 0 Å². The number of benzene rings is 1. The van der Waals surface area contributed by atoms with Crippen LogP contribution in [0.4, 0.5) is 5.82 Å². The zero-order valence-electron chi connectivity index (χ0n) is 22.7. The van der Waals surface area contributed by atoms with Crippen LogP contribution in [-0.4, -0.2) is 50.2 Å². The minimum Gasteiger partial charge on any atom is -0.382 e. The molecule has 9 nitrogen and oxygen atoms in total. The van der Waals surface area contributed by atoms with Gasteiger partial charge in [0.1, 0.15) is 11.3 Å². The molecule has 0 saturated heterocycles. The molecule has 3 N–H and O–H groups in total. The van der Waals surface area contributed by atoms with Crippen LogP contribution in [0.15, 0.2) is 36.4 Å². The molecule has 0 spiro atoms. The van der Waals surface area contributed by atoms with Crippen molar-refractivity contribution in [2.45, 2.75) is 71.3 Å². The van der Waals surface area contributed by atoms with E-state index in [1.807, 2.05) is 18.2 Å². The number of amides is 3. The summed E-state index contributed by atoms with van der Waals surface area (Å²) >= 11 is 0. The second-order valence-electron chi connectivity index (χ2n) is 10.8. The Morgan fingerprint density at radius 1 is 1.03 bits per heavy atom. The largest absolute Gasteiger partial charge is 0.382 e. The maximum atomic E-state index is 12.8. The molecule has 0 radical (unpaired) electrons. The van der Waals surface area contributed by atoms with Crippen LogP contribution < -0.4 is 11.1 Å². The quantitative estimate of drug-likeness (QED) is 0.284. The van der Waals surface area contributed by atoms with Crippen LogP contribution in [0.1, 0.15) is 64.1 Å². The Morgan fingerprint density at radius 3 is 2.51 bits per heavy atom. The van der Waals surface area contributed by atoms with Gasteiger partial charge in [-0.3, -0.25) is 19.3 Å². The van der Waals surface area contributed by atoms with E-state index in [9.17, 15) is 14.4 Å². The summed E-state index contributed by atoms with van der Waals surface area (Å²) in [6, 6.07) is 8.06. The number of para-hydroxylation sites is 1. The van der Waals surface area contributed by atoms with Crippen LogP contribution in [0.25, 0.3) is 21.9 Å². The first-order valence-corrected chi connectivity index (χ1v) is 14.3.